The maximum Gasteiger partial charge on any atom is 0.336 e. The highest BCUT2D eigenvalue weighted by atomic mass is 19.2. The van der Waals surface area contributed by atoms with Gasteiger partial charge < -0.3 is 10.4 Å². The number of halogens is 2. The van der Waals surface area contributed by atoms with Crippen molar-refractivity contribution in [2.75, 3.05) is 6.54 Å². The van der Waals surface area contributed by atoms with Crippen molar-refractivity contribution < 1.29 is 23.5 Å². The Labute approximate surface area is 109 Å². The molecule has 2 N–H and O–H groups in total. The summed E-state index contributed by atoms with van der Waals surface area (Å²) in [6.45, 7) is 4.19. The number of aromatic carboxylic acids is 1. The van der Waals surface area contributed by atoms with E-state index in [0.29, 0.717) is 18.7 Å². The van der Waals surface area contributed by atoms with Crippen molar-refractivity contribution >= 4 is 11.9 Å². The number of benzene rings is 1. The molecule has 0 bridgehead atoms. The quantitative estimate of drug-likeness (QED) is 0.864. The van der Waals surface area contributed by atoms with Gasteiger partial charge in [-0.05, 0) is 18.1 Å². The van der Waals surface area contributed by atoms with E-state index in [-0.39, 0.29) is 11.5 Å². The average molecular weight is 271 g/mol. The maximum atomic E-state index is 13.1. The number of carboxylic acids is 1. The second-order valence-electron chi connectivity index (χ2n) is 4.34. The normalized spacial score (nSPS) is 12.0. The molecule has 0 fully saturated rings. The maximum absolute atomic E-state index is 13.1. The number of hydrogen-bond acceptors (Lipinski definition) is 2. The number of amides is 1. The molecular formula is C13H15F2NO3. The van der Waals surface area contributed by atoms with Crippen molar-refractivity contribution in [3.05, 3.63) is 34.9 Å². The number of carbonyl (C=O) groups is 2. The van der Waals surface area contributed by atoms with Gasteiger partial charge in [0, 0.05) is 6.54 Å². The SMILES string of the molecule is CCC(C)CNC(=O)c1cc(F)c(F)cc1C(=O)O. The molecule has 1 unspecified atom stereocenters. The Bertz CT molecular complexity index is 503. The number of nitrogens with one attached hydrogen (secondary N) is 1. The first-order valence-corrected chi connectivity index (χ1v) is 5.87. The van der Waals surface area contributed by atoms with E-state index in [2.05, 4.69) is 5.32 Å². The van der Waals surface area contributed by atoms with Crippen LogP contribution in [0.3, 0.4) is 0 Å². The van der Waals surface area contributed by atoms with E-state index in [9.17, 15) is 18.4 Å². The van der Waals surface area contributed by atoms with Crippen LogP contribution in [0.4, 0.5) is 8.78 Å². The molecule has 0 aliphatic rings. The van der Waals surface area contributed by atoms with Crippen LogP contribution in [0.1, 0.15) is 41.0 Å². The fourth-order valence-electron chi connectivity index (χ4n) is 1.42. The fourth-order valence-corrected chi connectivity index (χ4v) is 1.42. The van der Waals surface area contributed by atoms with Crippen molar-refractivity contribution in [2.45, 2.75) is 20.3 Å². The van der Waals surface area contributed by atoms with E-state index in [1.807, 2.05) is 13.8 Å². The molecule has 1 aromatic carbocycles. The lowest BCUT2D eigenvalue weighted by Gasteiger charge is -2.11. The van der Waals surface area contributed by atoms with E-state index in [0.717, 1.165) is 6.42 Å². The standard InChI is InChI=1S/C13H15F2NO3/c1-3-7(2)6-16-12(17)8-4-10(14)11(15)5-9(8)13(18)19/h4-5,7H,3,6H2,1-2H3,(H,16,17)(H,18,19). The largest absolute Gasteiger partial charge is 0.478 e. The van der Waals surface area contributed by atoms with Crippen molar-refractivity contribution in [1.82, 2.24) is 5.32 Å². The predicted octanol–water partition coefficient (Wildman–Crippen LogP) is 2.44. The van der Waals surface area contributed by atoms with E-state index in [4.69, 9.17) is 5.11 Å². The van der Waals surface area contributed by atoms with Crippen molar-refractivity contribution in [3.8, 4) is 0 Å². The number of hydrogen-bond donors (Lipinski definition) is 2. The Morgan fingerprint density at radius 3 is 2.26 bits per heavy atom. The molecular weight excluding hydrogens is 256 g/mol. The molecule has 0 saturated heterocycles. The molecule has 1 aromatic rings. The highest BCUT2D eigenvalue weighted by Crippen LogP contribution is 2.15. The summed E-state index contributed by atoms with van der Waals surface area (Å²) >= 11 is 0. The second-order valence-corrected chi connectivity index (χ2v) is 4.34. The monoisotopic (exact) mass is 271 g/mol. The molecule has 0 saturated carbocycles. The zero-order valence-corrected chi connectivity index (χ0v) is 10.7. The topological polar surface area (TPSA) is 66.4 Å². The van der Waals surface area contributed by atoms with Gasteiger partial charge in [-0.15, -0.1) is 0 Å². The van der Waals surface area contributed by atoms with Gasteiger partial charge in [0.15, 0.2) is 11.6 Å². The van der Waals surface area contributed by atoms with Gasteiger partial charge >= 0.3 is 5.97 Å². The van der Waals surface area contributed by atoms with Crippen LogP contribution in [0.25, 0.3) is 0 Å². The number of carbonyl (C=O) groups excluding carboxylic acids is 1. The van der Waals surface area contributed by atoms with E-state index in [1.54, 1.807) is 0 Å². The van der Waals surface area contributed by atoms with Crippen LogP contribution in [0.2, 0.25) is 0 Å². The van der Waals surface area contributed by atoms with Gasteiger partial charge in [-0.2, -0.15) is 0 Å². The lowest BCUT2D eigenvalue weighted by Crippen LogP contribution is -2.29. The summed E-state index contributed by atoms with van der Waals surface area (Å²) in [4.78, 5) is 22.7. The summed E-state index contributed by atoms with van der Waals surface area (Å²) in [5, 5.41) is 11.4. The third-order valence-electron chi connectivity index (χ3n) is 2.84. The summed E-state index contributed by atoms with van der Waals surface area (Å²) < 4.78 is 26.1. The first-order valence-electron chi connectivity index (χ1n) is 5.87. The Balaban J connectivity index is 3.01. The highest BCUT2D eigenvalue weighted by Gasteiger charge is 2.20. The molecule has 1 atom stereocenters. The molecule has 0 radical (unpaired) electrons. The van der Waals surface area contributed by atoms with Crippen molar-refractivity contribution in [3.63, 3.8) is 0 Å². The minimum atomic E-state index is -1.48. The summed E-state index contributed by atoms with van der Waals surface area (Å²) in [5.74, 6) is -4.54. The Morgan fingerprint density at radius 2 is 1.79 bits per heavy atom. The Morgan fingerprint density at radius 1 is 1.26 bits per heavy atom. The average Bonchev–Trinajstić information content (AvgIpc) is 2.37. The van der Waals surface area contributed by atoms with Crippen LogP contribution < -0.4 is 5.32 Å². The summed E-state index contributed by atoms with van der Waals surface area (Å²) in [7, 11) is 0. The van der Waals surface area contributed by atoms with Crippen LogP contribution in [0, 0.1) is 17.6 Å². The molecule has 104 valence electrons. The lowest BCUT2D eigenvalue weighted by atomic mass is 10.1. The third-order valence-corrected chi connectivity index (χ3v) is 2.84. The number of rotatable bonds is 5. The molecule has 4 nitrogen and oxygen atoms in total. The summed E-state index contributed by atoms with van der Waals surface area (Å²) in [5.41, 5.74) is -0.935. The first-order chi connectivity index (χ1) is 8.86. The molecule has 0 aromatic heterocycles. The van der Waals surface area contributed by atoms with Gasteiger partial charge in [0.25, 0.3) is 5.91 Å². The molecule has 1 rings (SSSR count). The molecule has 0 spiro atoms. The van der Waals surface area contributed by atoms with Crippen LogP contribution >= 0.6 is 0 Å². The van der Waals surface area contributed by atoms with Crippen LogP contribution in [-0.4, -0.2) is 23.5 Å². The van der Waals surface area contributed by atoms with E-state index < -0.39 is 29.1 Å². The molecule has 1 amide bonds. The van der Waals surface area contributed by atoms with Crippen molar-refractivity contribution in [2.24, 2.45) is 5.92 Å². The zero-order chi connectivity index (χ0) is 14.6. The minimum Gasteiger partial charge on any atom is -0.478 e. The number of carboxylic acid groups (broad SMARTS) is 1. The van der Waals surface area contributed by atoms with E-state index in [1.165, 1.54) is 0 Å². The van der Waals surface area contributed by atoms with Gasteiger partial charge in [0.1, 0.15) is 0 Å². The molecule has 0 aliphatic carbocycles. The smallest absolute Gasteiger partial charge is 0.336 e. The lowest BCUT2D eigenvalue weighted by molar-refractivity contribution is 0.0690. The molecule has 0 aliphatic heterocycles. The highest BCUT2D eigenvalue weighted by molar-refractivity contribution is 6.04. The molecule has 19 heavy (non-hydrogen) atoms. The van der Waals surface area contributed by atoms with E-state index >= 15 is 0 Å². The predicted molar refractivity (Wildman–Crippen MR) is 65.1 cm³/mol. The fraction of sp³-hybridized carbons (Fsp3) is 0.385. The van der Waals surface area contributed by atoms with Crippen LogP contribution in [0.15, 0.2) is 12.1 Å². The zero-order valence-electron chi connectivity index (χ0n) is 10.7. The minimum absolute atomic E-state index is 0.211. The summed E-state index contributed by atoms with van der Waals surface area (Å²) in [6.07, 6.45) is 0.837. The molecule has 6 heteroatoms. The van der Waals surface area contributed by atoms with Gasteiger partial charge in [-0.25, -0.2) is 13.6 Å². The van der Waals surface area contributed by atoms with Gasteiger partial charge in [0.05, 0.1) is 11.1 Å². The van der Waals surface area contributed by atoms with Crippen LogP contribution in [0.5, 0.6) is 0 Å². The third kappa shape index (κ3) is 3.74. The second kappa shape index (κ2) is 6.26. The first kappa shape index (κ1) is 15.1. The Hall–Kier alpha value is -1.98. The molecule has 0 heterocycles. The van der Waals surface area contributed by atoms with Gasteiger partial charge in [0.2, 0.25) is 0 Å². The van der Waals surface area contributed by atoms with Gasteiger partial charge in [-0.1, -0.05) is 20.3 Å². The van der Waals surface area contributed by atoms with Crippen LogP contribution in [-0.2, 0) is 0 Å². The van der Waals surface area contributed by atoms with Gasteiger partial charge in [-0.3, -0.25) is 4.79 Å². The van der Waals surface area contributed by atoms with Crippen molar-refractivity contribution in [1.29, 1.82) is 0 Å². The Kier molecular flexibility index (Phi) is 4.97. The summed E-state index contributed by atoms with van der Waals surface area (Å²) in [6, 6.07) is 1.11.